The molecule has 2 aromatic heterocycles. The molecule has 2 atom stereocenters. The quantitative estimate of drug-likeness (QED) is 0.681. The van der Waals surface area contributed by atoms with E-state index in [4.69, 9.17) is 11.6 Å². The summed E-state index contributed by atoms with van der Waals surface area (Å²) in [6, 6.07) is 2.09. The van der Waals surface area contributed by atoms with Gasteiger partial charge in [0.25, 0.3) is 0 Å². The Morgan fingerprint density at radius 2 is 2.09 bits per heavy atom. The van der Waals surface area contributed by atoms with Gasteiger partial charge in [-0.2, -0.15) is 0 Å². The first kappa shape index (κ1) is 21.6. The summed E-state index contributed by atoms with van der Waals surface area (Å²) in [6.07, 6.45) is 10.4. The van der Waals surface area contributed by atoms with Gasteiger partial charge in [0.05, 0.1) is 17.6 Å². The number of pyridine rings is 1. The normalized spacial score (nSPS) is 22.7. The van der Waals surface area contributed by atoms with Crippen LogP contribution in [-0.4, -0.2) is 54.8 Å². The van der Waals surface area contributed by atoms with Gasteiger partial charge in [-0.05, 0) is 25.8 Å². The second kappa shape index (κ2) is 8.28. The molecule has 10 heteroatoms. The molecule has 170 valence electrons. The average Bonchev–Trinajstić information content (AvgIpc) is 3.19. The van der Waals surface area contributed by atoms with Crippen LogP contribution in [0, 0.1) is 0 Å². The Bertz CT molecular complexity index is 1190. The van der Waals surface area contributed by atoms with E-state index in [-0.39, 0.29) is 12.1 Å². The van der Waals surface area contributed by atoms with Gasteiger partial charge in [-0.1, -0.05) is 23.8 Å². The highest BCUT2D eigenvalue weighted by atomic mass is 35.5. The standard InChI is InChI=1S/C22H27ClN6O2S/c1-14-9-19-17(12-29(14)20-10-21(23)26-18-7-3-6-16(18)20)22(25-13-24-19)28-8-4-5-15(11-28)27-32(2,30)31/h3,6,10,13-15,27H,4-5,7-9,11-12H2,1-2H3/t14-,15+/m1/s1. The van der Waals surface area contributed by atoms with Crippen LogP contribution >= 0.6 is 11.6 Å². The summed E-state index contributed by atoms with van der Waals surface area (Å²) in [7, 11) is -3.25. The summed E-state index contributed by atoms with van der Waals surface area (Å²) in [5.74, 6) is 0.902. The lowest BCUT2D eigenvalue weighted by Gasteiger charge is -2.40. The number of allylic oxidation sites excluding steroid dienone is 1. The largest absolute Gasteiger partial charge is 0.363 e. The Morgan fingerprint density at radius 3 is 2.91 bits per heavy atom. The van der Waals surface area contributed by atoms with Crippen molar-refractivity contribution in [1.82, 2.24) is 19.7 Å². The van der Waals surface area contributed by atoms with Crippen LogP contribution in [0.4, 0.5) is 11.5 Å². The van der Waals surface area contributed by atoms with Gasteiger partial charge in [-0.15, -0.1) is 0 Å². The van der Waals surface area contributed by atoms with Gasteiger partial charge < -0.3 is 9.80 Å². The van der Waals surface area contributed by atoms with Crippen LogP contribution in [0.25, 0.3) is 6.08 Å². The van der Waals surface area contributed by atoms with Crippen molar-refractivity contribution in [1.29, 1.82) is 0 Å². The monoisotopic (exact) mass is 474 g/mol. The van der Waals surface area contributed by atoms with E-state index in [2.05, 4.69) is 48.5 Å². The topological polar surface area (TPSA) is 91.3 Å². The van der Waals surface area contributed by atoms with Crippen LogP contribution < -0.4 is 14.5 Å². The molecule has 1 aliphatic carbocycles. The third-order valence-electron chi connectivity index (χ3n) is 6.45. The molecule has 4 heterocycles. The van der Waals surface area contributed by atoms with Gasteiger partial charge in [-0.3, -0.25) is 0 Å². The molecular weight excluding hydrogens is 448 g/mol. The second-order valence-electron chi connectivity index (χ2n) is 8.91. The Morgan fingerprint density at radius 1 is 1.25 bits per heavy atom. The molecule has 3 aliphatic rings. The molecule has 0 unspecified atom stereocenters. The first-order valence-corrected chi connectivity index (χ1v) is 13.2. The van der Waals surface area contributed by atoms with Crippen molar-refractivity contribution in [3.63, 3.8) is 0 Å². The average molecular weight is 475 g/mol. The molecular formula is C22H27ClN6O2S. The van der Waals surface area contributed by atoms with Crippen molar-refractivity contribution in [2.45, 2.75) is 51.2 Å². The molecule has 5 rings (SSSR count). The molecule has 0 spiro atoms. The Hall–Kier alpha value is -2.23. The maximum atomic E-state index is 11.7. The Balaban J connectivity index is 1.48. The van der Waals surface area contributed by atoms with E-state index >= 15 is 0 Å². The molecule has 0 bridgehead atoms. The molecule has 32 heavy (non-hydrogen) atoms. The third kappa shape index (κ3) is 4.21. The smallest absolute Gasteiger partial charge is 0.209 e. The number of fused-ring (bicyclic) bond motifs is 2. The number of hydrogen-bond acceptors (Lipinski definition) is 7. The molecule has 8 nitrogen and oxygen atoms in total. The number of nitrogens with one attached hydrogen (secondary N) is 1. The van der Waals surface area contributed by atoms with E-state index in [1.165, 1.54) is 6.26 Å². The lowest BCUT2D eigenvalue weighted by atomic mass is 9.97. The number of aromatic nitrogens is 3. The number of halogens is 1. The van der Waals surface area contributed by atoms with E-state index in [1.54, 1.807) is 6.33 Å². The summed E-state index contributed by atoms with van der Waals surface area (Å²) < 4.78 is 26.3. The number of rotatable bonds is 4. The summed E-state index contributed by atoms with van der Waals surface area (Å²) in [6.45, 7) is 4.33. The summed E-state index contributed by atoms with van der Waals surface area (Å²) in [4.78, 5) is 18.3. The molecule has 1 N–H and O–H groups in total. The lowest BCUT2D eigenvalue weighted by molar-refractivity contribution is 0.463. The molecule has 0 radical (unpaired) electrons. The summed E-state index contributed by atoms with van der Waals surface area (Å²) in [5.41, 5.74) is 5.41. The van der Waals surface area contributed by atoms with Gasteiger partial charge in [0.2, 0.25) is 10.0 Å². The van der Waals surface area contributed by atoms with Crippen LogP contribution in [0.2, 0.25) is 5.15 Å². The molecule has 0 aromatic carbocycles. The van der Waals surface area contributed by atoms with E-state index in [0.717, 1.165) is 66.2 Å². The molecule has 0 amide bonds. The summed E-state index contributed by atoms with van der Waals surface area (Å²) >= 11 is 6.36. The zero-order chi connectivity index (χ0) is 22.5. The van der Waals surface area contributed by atoms with Crippen LogP contribution in [-0.2, 0) is 29.4 Å². The zero-order valence-electron chi connectivity index (χ0n) is 18.3. The first-order valence-electron chi connectivity index (χ1n) is 11.0. The van der Waals surface area contributed by atoms with Crippen LogP contribution in [0.3, 0.4) is 0 Å². The molecule has 1 fully saturated rings. The molecule has 2 aliphatic heterocycles. The van der Waals surface area contributed by atoms with E-state index in [0.29, 0.717) is 18.2 Å². The highest BCUT2D eigenvalue weighted by molar-refractivity contribution is 7.88. The number of hydrogen-bond donors (Lipinski definition) is 1. The fourth-order valence-corrected chi connectivity index (χ4v) is 6.08. The SMILES string of the molecule is C[C@@H]1Cc2ncnc(N3CCC[C@H](NS(C)(=O)=O)C3)c2CN1c1cc(Cl)nc2c1C=CC2. The lowest BCUT2D eigenvalue weighted by Crippen LogP contribution is -2.48. The number of nitrogens with zero attached hydrogens (tertiary/aromatic N) is 5. The van der Waals surface area contributed by atoms with E-state index in [9.17, 15) is 8.42 Å². The van der Waals surface area contributed by atoms with Gasteiger partial charge >= 0.3 is 0 Å². The maximum absolute atomic E-state index is 11.7. The third-order valence-corrected chi connectivity index (χ3v) is 7.41. The fraction of sp³-hybridized carbons (Fsp3) is 0.500. The second-order valence-corrected chi connectivity index (χ2v) is 11.1. The van der Waals surface area contributed by atoms with E-state index < -0.39 is 10.0 Å². The van der Waals surface area contributed by atoms with Gasteiger partial charge in [0.15, 0.2) is 0 Å². The van der Waals surface area contributed by atoms with Crippen LogP contribution in [0.1, 0.15) is 42.3 Å². The van der Waals surface area contributed by atoms with Crippen molar-refractivity contribution >= 4 is 39.2 Å². The van der Waals surface area contributed by atoms with Crippen molar-refractivity contribution in [2.24, 2.45) is 0 Å². The van der Waals surface area contributed by atoms with Crippen molar-refractivity contribution < 1.29 is 8.42 Å². The zero-order valence-corrected chi connectivity index (χ0v) is 19.8. The van der Waals surface area contributed by atoms with Crippen molar-refractivity contribution in [3.8, 4) is 0 Å². The molecule has 1 saturated heterocycles. The van der Waals surface area contributed by atoms with Crippen molar-refractivity contribution in [2.75, 3.05) is 29.1 Å². The van der Waals surface area contributed by atoms with Gasteiger partial charge in [0.1, 0.15) is 17.3 Å². The minimum absolute atomic E-state index is 0.115. The maximum Gasteiger partial charge on any atom is 0.209 e. The van der Waals surface area contributed by atoms with E-state index in [1.807, 2.05) is 6.07 Å². The van der Waals surface area contributed by atoms with Crippen LogP contribution in [0.5, 0.6) is 0 Å². The van der Waals surface area contributed by atoms with Crippen molar-refractivity contribution in [3.05, 3.63) is 46.1 Å². The first-order chi connectivity index (χ1) is 15.3. The minimum atomic E-state index is -3.25. The Kier molecular flexibility index (Phi) is 5.59. The molecule has 0 saturated carbocycles. The Labute approximate surface area is 193 Å². The highest BCUT2D eigenvalue weighted by Gasteiger charge is 2.32. The molecule has 2 aromatic rings. The highest BCUT2D eigenvalue weighted by Crippen LogP contribution is 2.38. The predicted octanol–water partition coefficient (Wildman–Crippen LogP) is 2.56. The number of anilines is 2. The van der Waals surface area contributed by atoms with Gasteiger partial charge in [-0.25, -0.2) is 28.1 Å². The van der Waals surface area contributed by atoms with Gasteiger partial charge in [0, 0.05) is 61.4 Å². The predicted molar refractivity (Wildman–Crippen MR) is 127 cm³/mol. The number of piperidine rings is 1. The van der Waals surface area contributed by atoms with Crippen LogP contribution in [0.15, 0.2) is 18.5 Å². The minimum Gasteiger partial charge on any atom is -0.363 e. The summed E-state index contributed by atoms with van der Waals surface area (Å²) in [5, 5.41) is 0.510. The fourth-order valence-electron chi connectivity index (χ4n) is 5.08. The number of sulfonamides is 1.